The minimum atomic E-state index is 0.977. The molecule has 6 aromatic carbocycles. The van der Waals surface area contributed by atoms with Crippen LogP contribution in [0.2, 0.25) is 0 Å². The van der Waals surface area contributed by atoms with Gasteiger partial charge >= 0.3 is 0 Å². The molecule has 3 aromatic heterocycles. The molecule has 0 spiro atoms. The van der Waals surface area contributed by atoms with Crippen LogP contribution in [0.3, 0.4) is 0 Å². The second kappa shape index (κ2) is 8.92. The van der Waals surface area contributed by atoms with E-state index in [2.05, 4.69) is 114 Å². The lowest BCUT2D eigenvalue weighted by atomic mass is 9.86. The molecular weight excluding hydrogens is 510 g/mol. The molecule has 0 aliphatic carbocycles. The van der Waals surface area contributed by atoms with Crippen molar-refractivity contribution in [3.05, 3.63) is 140 Å². The van der Waals surface area contributed by atoms with Gasteiger partial charge in [-0.3, -0.25) is 9.97 Å². The molecule has 0 aliphatic heterocycles. The average Bonchev–Trinajstić information content (AvgIpc) is 3.06. The second-order valence-corrected chi connectivity index (χ2v) is 10.8. The van der Waals surface area contributed by atoms with Crippen LogP contribution in [0.5, 0.6) is 0 Å². The normalized spacial score (nSPS) is 11.8. The summed E-state index contributed by atoms with van der Waals surface area (Å²) in [5.74, 6) is 0. The Labute approximate surface area is 241 Å². The molecule has 9 rings (SSSR count). The maximum atomic E-state index is 5.43. The largest absolute Gasteiger partial charge is 0.264 e. The Morgan fingerprint density at radius 1 is 0.429 bits per heavy atom. The van der Waals surface area contributed by atoms with E-state index in [0.29, 0.717) is 0 Å². The van der Waals surface area contributed by atoms with Crippen molar-refractivity contribution in [1.82, 2.24) is 15.0 Å². The minimum Gasteiger partial charge on any atom is -0.264 e. The zero-order chi connectivity index (χ0) is 27.6. The predicted molar refractivity (Wildman–Crippen MR) is 176 cm³/mol. The first kappa shape index (κ1) is 23.1. The smallest absolute Gasteiger partial charge is 0.0800 e. The number of aromatic nitrogens is 3. The van der Waals surface area contributed by atoms with E-state index < -0.39 is 0 Å². The van der Waals surface area contributed by atoms with E-state index >= 15 is 0 Å². The van der Waals surface area contributed by atoms with Gasteiger partial charge in [-0.2, -0.15) is 0 Å². The summed E-state index contributed by atoms with van der Waals surface area (Å²) in [7, 11) is 0. The first-order valence-corrected chi connectivity index (χ1v) is 14.2. The van der Waals surface area contributed by atoms with Crippen molar-refractivity contribution in [1.29, 1.82) is 0 Å². The first-order valence-electron chi connectivity index (χ1n) is 14.2. The van der Waals surface area contributed by atoms with Crippen LogP contribution in [-0.2, 0) is 0 Å². The lowest BCUT2D eigenvalue weighted by Gasteiger charge is -2.19. The number of fused-ring (bicyclic) bond motifs is 9. The summed E-state index contributed by atoms with van der Waals surface area (Å²) in [5.41, 5.74) is 6.44. The number of hydrogen-bond donors (Lipinski definition) is 0. The molecule has 0 N–H and O–H groups in total. The van der Waals surface area contributed by atoms with Gasteiger partial charge in [-0.05, 0) is 50.7 Å². The van der Waals surface area contributed by atoms with Crippen LogP contribution in [0.25, 0.3) is 87.3 Å². The number of nitrogens with zero attached hydrogens (tertiary/aromatic N) is 3. The van der Waals surface area contributed by atoms with Crippen molar-refractivity contribution in [3.63, 3.8) is 0 Å². The number of pyridine rings is 3. The Morgan fingerprint density at radius 3 is 1.81 bits per heavy atom. The van der Waals surface area contributed by atoms with Crippen molar-refractivity contribution in [2.24, 2.45) is 0 Å². The van der Waals surface area contributed by atoms with Gasteiger partial charge in [0.1, 0.15) is 0 Å². The Balaban J connectivity index is 1.53. The molecule has 0 radical (unpaired) electrons. The number of rotatable bonds is 2. The quantitative estimate of drug-likeness (QED) is 0.164. The van der Waals surface area contributed by atoms with Crippen molar-refractivity contribution in [2.75, 3.05) is 0 Å². The van der Waals surface area contributed by atoms with Crippen molar-refractivity contribution >= 4 is 64.9 Å². The van der Waals surface area contributed by atoms with E-state index in [-0.39, 0.29) is 0 Å². The van der Waals surface area contributed by atoms with E-state index in [1.54, 1.807) is 0 Å². The monoisotopic (exact) mass is 533 g/mol. The van der Waals surface area contributed by atoms with Crippen LogP contribution in [0, 0.1) is 0 Å². The molecule has 0 amide bonds. The van der Waals surface area contributed by atoms with Crippen LogP contribution in [0.4, 0.5) is 0 Å². The van der Waals surface area contributed by atoms with Gasteiger partial charge in [-0.1, -0.05) is 103 Å². The van der Waals surface area contributed by atoms with Gasteiger partial charge in [0.2, 0.25) is 0 Å². The van der Waals surface area contributed by atoms with Crippen LogP contribution in [-0.4, -0.2) is 15.0 Å². The minimum absolute atomic E-state index is 0.977. The predicted octanol–water partition coefficient (Wildman–Crippen LogP) is 10.1. The molecule has 42 heavy (non-hydrogen) atoms. The number of para-hydroxylation sites is 1. The van der Waals surface area contributed by atoms with Gasteiger partial charge < -0.3 is 0 Å². The summed E-state index contributed by atoms with van der Waals surface area (Å²) in [6.07, 6.45) is 5.68. The molecule has 3 heterocycles. The Kier molecular flexibility index (Phi) is 4.90. The van der Waals surface area contributed by atoms with E-state index in [9.17, 15) is 0 Å². The summed E-state index contributed by atoms with van der Waals surface area (Å²) < 4.78 is 0. The van der Waals surface area contributed by atoms with E-state index in [1.165, 1.54) is 43.3 Å². The van der Waals surface area contributed by atoms with Crippen LogP contribution >= 0.6 is 0 Å². The Bertz CT molecular complexity index is 2460. The van der Waals surface area contributed by atoms with E-state index in [4.69, 9.17) is 9.97 Å². The summed E-state index contributed by atoms with van der Waals surface area (Å²) >= 11 is 0. The third kappa shape index (κ3) is 3.25. The molecule has 0 fully saturated rings. The van der Waals surface area contributed by atoms with E-state index in [1.807, 2.05) is 30.7 Å². The van der Waals surface area contributed by atoms with Gasteiger partial charge in [0, 0.05) is 56.6 Å². The topological polar surface area (TPSA) is 38.7 Å². The molecule has 0 saturated heterocycles. The molecule has 0 saturated carbocycles. The molecule has 0 unspecified atom stereocenters. The fourth-order valence-electron chi connectivity index (χ4n) is 6.79. The van der Waals surface area contributed by atoms with Crippen molar-refractivity contribution < 1.29 is 0 Å². The van der Waals surface area contributed by atoms with Crippen molar-refractivity contribution in [2.45, 2.75) is 0 Å². The Hall–Kier alpha value is -5.67. The maximum Gasteiger partial charge on any atom is 0.0800 e. The second-order valence-electron chi connectivity index (χ2n) is 10.8. The van der Waals surface area contributed by atoms with Crippen LogP contribution < -0.4 is 0 Å². The maximum absolute atomic E-state index is 5.43. The van der Waals surface area contributed by atoms with Crippen LogP contribution in [0.1, 0.15) is 0 Å². The van der Waals surface area contributed by atoms with Crippen LogP contribution in [0.15, 0.2) is 140 Å². The Morgan fingerprint density at radius 2 is 1.07 bits per heavy atom. The molecule has 9 aromatic rings. The first-order chi connectivity index (χ1) is 20.9. The lowest BCUT2D eigenvalue weighted by Crippen LogP contribution is -1.95. The molecule has 3 nitrogen and oxygen atoms in total. The van der Waals surface area contributed by atoms with Gasteiger partial charge in [0.15, 0.2) is 0 Å². The summed E-state index contributed by atoms with van der Waals surface area (Å²) in [6, 6.07) is 43.1. The number of benzene rings is 6. The highest BCUT2D eigenvalue weighted by Crippen LogP contribution is 2.46. The van der Waals surface area contributed by atoms with Gasteiger partial charge in [0.05, 0.1) is 16.7 Å². The SMILES string of the molecule is c1cncc(-c2c3ccccc3c(-c3nc4ccccc4c4c3ccc3ccc5cccnc5c34)c3ccccc23)c1. The lowest BCUT2D eigenvalue weighted by molar-refractivity contribution is 1.33. The number of hydrogen-bond acceptors (Lipinski definition) is 3. The molecule has 3 heteroatoms. The fraction of sp³-hybridized carbons (Fsp3) is 0. The zero-order valence-electron chi connectivity index (χ0n) is 22.6. The molecule has 194 valence electrons. The third-order valence-electron chi connectivity index (χ3n) is 8.54. The van der Waals surface area contributed by atoms with Crippen molar-refractivity contribution in [3.8, 4) is 22.4 Å². The fourth-order valence-corrected chi connectivity index (χ4v) is 6.79. The summed E-state index contributed by atoms with van der Waals surface area (Å²) in [5, 5.41) is 11.7. The molecule has 0 atom stereocenters. The zero-order valence-corrected chi connectivity index (χ0v) is 22.6. The van der Waals surface area contributed by atoms with Gasteiger partial charge in [-0.25, -0.2) is 4.98 Å². The highest BCUT2D eigenvalue weighted by molar-refractivity contribution is 6.30. The average molecular weight is 534 g/mol. The van der Waals surface area contributed by atoms with Gasteiger partial charge in [-0.15, -0.1) is 0 Å². The highest BCUT2D eigenvalue weighted by Gasteiger charge is 2.21. The molecular formula is C39H23N3. The summed E-state index contributed by atoms with van der Waals surface area (Å²) in [4.78, 5) is 14.8. The standard InChI is InChI=1S/C39H23N3/c1-3-13-29-27(11-1)34(26-10-7-21-40-23-26)28-12-2-4-14-30(28)37(29)39-32-20-19-24-17-18-25-9-8-22-41-38(25)35(24)36(32)31-15-5-6-16-33(31)42-39/h1-23H. The molecule has 0 bridgehead atoms. The highest BCUT2D eigenvalue weighted by atomic mass is 14.7. The summed E-state index contributed by atoms with van der Waals surface area (Å²) in [6.45, 7) is 0. The van der Waals surface area contributed by atoms with Gasteiger partial charge in [0.25, 0.3) is 0 Å². The third-order valence-corrected chi connectivity index (χ3v) is 8.54. The molecule has 0 aliphatic rings. The van der Waals surface area contributed by atoms with E-state index in [0.717, 1.165) is 44.0 Å².